The predicted molar refractivity (Wildman–Crippen MR) is 82.5 cm³/mol. The lowest BCUT2D eigenvalue weighted by Gasteiger charge is -2.10. The number of halogens is 2. The van der Waals surface area contributed by atoms with Crippen molar-refractivity contribution < 1.29 is 26.1 Å². The summed E-state index contributed by atoms with van der Waals surface area (Å²) in [6.45, 7) is 1.38. The van der Waals surface area contributed by atoms with Crippen molar-refractivity contribution in [3.05, 3.63) is 32.5 Å². The molecular formula is C10H12BrFN2O6S2. The Balaban J connectivity index is 3.03. The van der Waals surface area contributed by atoms with Gasteiger partial charge in [-0.15, -0.1) is 0 Å². The van der Waals surface area contributed by atoms with Crippen LogP contribution in [0.3, 0.4) is 0 Å². The second-order valence-corrected chi connectivity index (χ2v) is 9.37. The molecule has 0 aliphatic carbocycles. The molecule has 0 saturated carbocycles. The molecule has 0 amide bonds. The van der Waals surface area contributed by atoms with Gasteiger partial charge in [-0.1, -0.05) is 6.92 Å². The fourth-order valence-corrected chi connectivity index (χ4v) is 4.69. The highest BCUT2D eigenvalue weighted by Gasteiger charge is 2.22. The number of nitro groups is 1. The Morgan fingerprint density at radius 3 is 2.36 bits per heavy atom. The standard InChI is InChI=1S/C10H12BrFN2O6S2/c1-2-21(17,18)3-4-22(19,20)13-9-6-10(14(15)16)8(12)5-7(9)11/h5-6,13H,2-4H2,1H3. The van der Waals surface area contributed by atoms with Gasteiger partial charge in [-0.3, -0.25) is 14.8 Å². The molecule has 1 rings (SSSR count). The van der Waals surface area contributed by atoms with Gasteiger partial charge in [-0.25, -0.2) is 16.8 Å². The van der Waals surface area contributed by atoms with Crippen LogP contribution in [0, 0.1) is 15.9 Å². The Bertz CT molecular complexity index is 794. The molecule has 0 radical (unpaired) electrons. The van der Waals surface area contributed by atoms with Crippen LogP contribution in [0.1, 0.15) is 6.92 Å². The van der Waals surface area contributed by atoms with Crippen LogP contribution < -0.4 is 4.72 Å². The summed E-state index contributed by atoms with van der Waals surface area (Å²) < 4.78 is 61.6. The second kappa shape index (κ2) is 6.87. The van der Waals surface area contributed by atoms with Gasteiger partial charge in [-0.05, 0) is 22.0 Å². The lowest BCUT2D eigenvalue weighted by molar-refractivity contribution is -0.387. The molecule has 1 N–H and O–H groups in total. The van der Waals surface area contributed by atoms with Gasteiger partial charge in [0.05, 0.1) is 22.1 Å². The van der Waals surface area contributed by atoms with Crippen molar-refractivity contribution in [1.29, 1.82) is 0 Å². The van der Waals surface area contributed by atoms with E-state index in [9.17, 15) is 31.3 Å². The SMILES string of the molecule is CCS(=O)(=O)CCS(=O)(=O)Nc1cc([N+](=O)[O-])c(F)cc1Br. The molecule has 1 aromatic rings. The van der Waals surface area contributed by atoms with Crippen LogP contribution in [0.25, 0.3) is 0 Å². The van der Waals surface area contributed by atoms with Gasteiger partial charge in [-0.2, -0.15) is 4.39 Å². The number of nitrogens with one attached hydrogen (secondary N) is 1. The number of sulfonamides is 1. The monoisotopic (exact) mass is 418 g/mol. The molecule has 0 aliphatic rings. The molecule has 0 heterocycles. The van der Waals surface area contributed by atoms with Gasteiger partial charge in [0.2, 0.25) is 15.8 Å². The topological polar surface area (TPSA) is 123 Å². The van der Waals surface area contributed by atoms with Crippen LogP contribution in [0.15, 0.2) is 16.6 Å². The number of anilines is 1. The van der Waals surface area contributed by atoms with Crippen molar-refractivity contribution in [2.24, 2.45) is 0 Å². The van der Waals surface area contributed by atoms with E-state index in [1.54, 1.807) is 0 Å². The molecule has 124 valence electrons. The summed E-state index contributed by atoms with van der Waals surface area (Å²) in [6.07, 6.45) is 0. The van der Waals surface area contributed by atoms with Crippen molar-refractivity contribution in [3.63, 3.8) is 0 Å². The van der Waals surface area contributed by atoms with E-state index >= 15 is 0 Å². The molecular weight excluding hydrogens is 407 g/mol. The second-order valence-electron chi connectivity index (χ2n) is 4.20. The van der Waals surface area contributed by atoms with E-state index in [4.69, 9.17) is 0 Å². The summed E-state index contributed by atoms with van der Waals surface area (Å²) in [7, 11) is -7.54. The fourth-order valence-electron chi connectivity index (χ4n) is 1.36. The summed E-state index contributed by atoms with van der Waals surface area (Å²) in [5, 5.41) is 10.6. The highest BCUT2D eigenvalue weighted by atomic mass is 79.9. The van der Waals surface area contributed by atoms with E-state index in [1.807, 2.05) is 4.72 Å². The van der Waals surface area contributed by atoms with Crippen LogP contribution in [0.5, 0.6) is 0 Å². The summed E-state index contributed by atoms with van der Waals surface area (Å²) in [4.78, 5) is 9.64. The van der Waals surface area contributed by atoms with Crippen LogP contribution in [0.4, 0.5) is 15.8 Å². The first-order valence-corrected chi connectivity index (χ1v) is 10.1. The lowest BCUT2D eigenvalue weighted by atomic mass is 10.3. The molecule has 0 saturated heterocycles. The quantitative estimate of drug-likeness (QED) is 0.530. The Morgan fingerprint density at radius 1 is 1.27 bits per heavy atom. The van der Waals surface area contributed by atoms with E-state index in [0.717, 1.165) is 6.07 Å². The number of nitrogens with zero attached hydrogens (tertiary/aromatic N) is 1. The van der Waals surface area contributed by atoms with Crippen molar-refractivity contribution in [3.8, 4) is 0 Å². The summed E-state index contributed by atoms with van der Waals surface area (Å²) in [6, 6.07) is 1.46. The minimum Gasteiger partial charge on any atom is -0.282 e. The third-order valence-corrected chi connectivity index (χ3v) is 6.49. The molecule has 1 aromatic carbocycles. The Labute approximate surface area is 135 Å². The van der Waals surface area contributed by atoms with Gasteiger partial charge in [0.25, 0.3) is 0 Å². The Hall–Kier alpha value is -1.27. The zero-order valence-electron chi connectivity index (χ0n) is 11.2. The van der Waals surface area contributed by atoms with Crippen LogP contribution in [-0.4, -0.2) is 39.0 Å². The van der Waals surface area contributed by atoms with Gasteiger partial charge in [0.15, 0.2) is 9.84 Å². The van der Waals surface area contributed by atoms with Crippen molar-refractivity contribution >= 4 is 47.2 Å². The average Bonchev–Trinajstić information content (AvgIpc) is 2.39. The van der Waals surface area contributed by atoms with Crippen molar-refractivity contribution in [1.82, 2.24) is 0 Å². The molecule has 0 aromatic heterocycles. The van der Waals surface area contributed by atoms with Gasteiger partial charge in [0.1, 0.15) is 0 Å². The highest BCUT2D eigenvalue weighted by molar-refractivity contribution is 9.10. The first-order valence-electron chi connectivity index (χ1n) is 5.82. The molecule has 0 aliphatic heterocycles. The molecule has 22 heavy (non-hydrogen) atoms. The maximum atomic E-state index is 13.3. The normalized spacial score (nSPS) is 12.1. The highest BCUT2D eigenvalue weighted by Crippen LogP contribution is 2.30. The van der Waals surface area contributed by atoms with E-state index in [2.05, 4.69) is 15.9 Å². The average molecular weight is 419 g/mol. The molecule has 0 spiro atoms. The maximum absolute atomic E-state index is 13.3. The van der Waals surface area contributed by atoms with Gasteiger partial charge >= 0.3 is 5.69 Å². The van der Waals surface area contributed by atoms with E-state index < -0.39 is 47.8 Å². The van der Waals surface area contributed by atoms with E-state index in [1.165, 1.54) is 6.92 Å². The van der Waals surface area contributed by atoms with Gasteiger partial charge < -0.3 is 0 Å². The lowest BCUT2D eigenvalue weighted by Crippen LogP contribution is -2.24. The number of benzene rings is 1. The molecule has 0 unspecified atom stereocenters. The van der Waals surface area contributed by atoms with E-state index in [0.29, 0.717) is 6.07 Å². The summed E-state index contributed by atoms with van der Waals surface area (Å²) in [5.74, 6) is -2.62. The summed E-state index contributed by atoms with van der Waals surface area (Å²) >= 11 is 2.88. The fraction of sp³-hybridized carbons (Fsp3) is 0.400. The minimum atomic E-state index is -4.06. The third kappa shape index (κ3) is 5.18. The van der Waals surface area contributed by atoms with Gasteiger partial charge in [0, 0.05) is 16.3 Å². The number of rotatable bonds is 7. The Kier molecular flexibility index (Phi) is 5.87. The molecule has 0 fully saturated rings. The third-order valence-electron chi connectivity index (χ3n) is 2.60. The number of sulfone groups is 1. The minimum absolute atomic E-state index is 0.0440. The van der Waals surface area contributed by atoms with E-state index in [-0.39, 0.29) is 15.9 Å². The largest absolute Gasteiger partial charge is 0.306 e. The van der Waals surface area contributed by atoms with Crippen LogP contribution >= 0.6 is 15.9 Å². The first-order chi connectivity index (χ1) is 9.97. The molecule has 8 nitrogen and oxygen atoms in total. The maximum Gasteiger partial charge on any atom is 0.306 e. The molecule has 0 atom stereocenters. The van der Waals surface area contributed by atoms with Crippen LogP contribution in [0.2, 0.25) is 0 Å². The summed E-state index contributed by atoms with van der Waals surface area (Å²) in [5.41, 5.74) is -1.15. The predicted octanol–water partition coefficient (Wildman–Crippen LogP) is 1.67. The van der Waals surface area contributed by atoms with Crippen molar-refractivity contribution in [2.75, 3.05) is 22.0 Å². The first kappa shape index (κ1) is 18.8. The van der Waals surface area contributed by atoms with Crippen molar-refractivity contribution in [2.45, 2.75) is 6.92 Å². The zero-order valence-corrected chi connectivity index (χ0v) is 14.5. The molecule has 12 heteroatoms. The van der Waals surface area contributed by atoms with Crippen LogP contribution in [-0.2, 0) is 19.9 Å². The zero-order chi connectivity index (χ0) is 17.1. The Morgan fingerprint density at radius 2 is 1.86 bits per heavy atom. The number of hydrogen-bond donors (Lipinski definition) is 1. The smallest absolute Gasteiger partial charge is 0.282 e. The number of hydrogen-bond acceptors (Lipinski definition) is 6. The number of nitro benzene ring substituents is 1. The molecule has 0 bridgehead atoms.